The van der Waals surface area contributed by atoms with Gasteiger partial charge >= 0.3 is 0 Å². The van der Waals surface area contributed by atoms with Crippen LogP contribution in [-0.2, 0) is 0 Å². The van der Waals surface area contributed by atoms with E-state index in [0.29, 0.717) is 0 Å². The van der Waals surface area contributed by atoms with Crippen molar-refractivity contribution in [3.05, 3.63) is 11.4 Å². The molecule has 2 aliphatic heterocycles. The molecule has 15 heavy (non-hydrogen) atoms. The van der Waals surface area contributed by atoms with E-state index in [1.807, 2.05) is 6.21 Å². The molecule has 0 spiro atoms. The van der Waals surface area contributed by atoms with Crippen LogP contribution < -0.4 is 0 Å². The zero-order valence-electron chi connectivity index (χ0n) is 9.87. The van der Waals surface area contributed by atoms with Crippen molar-refractivity contribution in [1.29, 1.82) is 0 Å². The van der Waals surface area contributed by atoms with E-state index in [9.17, 15) is 0 Å². The smallest absolute Gasteiger partial charge is 0.0563 e. The van der Waals surface area contributed by atoms with Gasteiger partial charge in [-0.15, -0.1) is 0 Å². The summed E-state index contributed by atoms with van der Waals surface area (Å²) in [6.45, 7) is 10.4. The minimum atomic E-state index is 1.04. The van der Waals surface area contributed by atoms with Crippen LogP contribution >= 0.6 is 0 Å². The molecular formula is C12H21N3. The maximum absolute atomic E-state index is 4.35. The van der Waals surface area contributed by atoms with Gasteiger partial charge in [0.1, 0.15) is 0 Å². The van der Waals surface area contributed by atoms with Gasteiger partial charge in [0.15, 0.2) is 0 Å². The average molecular weight is 207 g/mol. The zero-order chi connectivity index (χ0) is 10.7. The molecule has 84 valence electrons. The highest BCUT2D eigenvalue weighted by Crippen LogP contribution is 2.20. The Kier molecular flexibility index (Phi) is 3.41. The highest BCUT2D eigenvalue weighted by molar-refractivity contribution is 5.66. The van der Waals surface area contributed by atoms with E-state index in [1.165, 1.54) is 50.5 Å². The lowest BCUT2D eigenvalue weighted by Gasteiger charge is -2.36. The van der Waals surface area contributed by atoms with E-state index in [4.69, 9.17) is 0 Å². The van der Waals surface area contributed by atoms with Gasteiger partial charge in [0.2, 0.25) is 0 Å². The first-order valence-corrected chi connectivity index (χ1v) is 6.01. The summed E-state index contributed by atoms with van der Waals surface area (Å²) >= 11 is 0. The third-order valence-corrected chi connectivity index (χ3v) is 3.28. The maximum Gasteiger partial charge on any atom is 0.0563 e. The summed E-state index contributed by atoms with van der Waals surface area (Å²) in [6, 6.07) is 0. The minimum absolute atomic E-state index is 1.04. The van der Waals surface area contributed by atoms with Crippen molar-refractivity contribution in [2.45, 2.75) is 26.7 Å². The molecule has 0 radical (unpaired) electrons. The fourth-order valence-electron chi connectivity index (χ4n) is 2.41. The minimum Gasteiger partial charge on any atom is -0.371 e. The molecule has 2 aliphatic rings. The summed E-state index contributed by atoms with van der Waals surface area (Å²) in [5.74, 6) is 0. The summed E-state index contributed by atoms with van der Waals surface area (Å²) in [5, 5.41) is 0. The van der Waals surface area contributed by atoms with E-state index in [1.54, 1.807) is 0 Å². The van der Waals surface area contributed by atoms with Crippen LogP contribution in [0.5, 0.6) is 0 Å². The third kappa shape index (κ3) is 2.40. The van der Waals surface area contributed by atoms with E-state index in [-0.39, 0.29) is 0 Å². The summed E-state index contributed by atoms with van der Waals surface area (Å²) in [4.78, 5) is 9.41. The van der Waals surface area contributed by atoms with Gasteiger partial charge in [0, 0.05) is 44.5 Å². The number of hydrogen-bond donors (Lipinski definition) is 0. The van der Waals surface area contributed by atoms with Crippen LogP contribution in [0.1, 0.15) is 26.7 Å². The van der Waals surface area contributed by atoms with Crippen molar-refractivity contribution in [2.24, 2.45) is 4.99 Å². The van der Waals surface area contributed by atoms with Gasteiger partial charge in [-0.1, -0.05) is 6.92 Å². The van der Waals surface area contributed by atoms with Gasteiger partial charge in [-0.3, -0.25) is 9.89 Å². The second kappa shape index (κ2) is 4.79. The molecule has 3 heteroatoms. The molecule has 0 amide bonds. The fraction of sp³-hybridized carbons (Fsp3) is 0.750. The predicted molar refractivity (Wildman–Crippen MR) is 64.1 cm³/mol. The van der Waals surface area contributed by atoms with Crippen LogP contribution in [0.2, 0.25) is 0 Å². The number of piperazine rings is 1. The van der Waals surface area contributed by atoms with Crippen molar-refractivity contribution >= 4 is 6.21 Å². The van der Waals surface area contributed by atoms with Gasteiger partial charge in [-0.2, -0.15) is 0 Å². The first kappa shape index (κ1) is 10.7. The number of allylic oxidation sites excluding steroid dienone is 2. The van der Waals surface area contributed by atoms with Crippen LogP contribution in [0.25, 0.3) is 0 Å². The second-order valence-electron chi connectivity index (χ2n) is 4.38. The second-order valence-corrected chi connectivity index (χ2v) is 4.38. The Morgan fingerprint density at radius 1 is 1.27 bits per heavy atom. The molecule has 0 aromatic carbocycles. The topological polar surface area (TPSA) is 18.8 Å². The molecule has 0 aliphatic carbocycles. The first-order chi connectivity index (χ1) is 7.31. The van der Waals surface area contributed by atoms with E-state index in [2.05, 4.69) is 28.6 Å². The SMILES string of the molecule is CCCN1CCN(C2=C(C)N=CC2)CC1. The lowest BCUT2D eigenvalue weighted by molar-refractivity contribution is 0.157. The van der Waals surface area contributed by atoms with E-state index in [0.717, 1.165) is 6.42 Å². The molecule has 0 bridgehead atoms. The summed E-state index contributed by atoms with van der Waals surface area (Å²) in [6.07, 6.45) is 4.34. The van der Waals surface area contributed by atoms with E-state index < -0.39 is 0 Å². The Morgan fingerprint density at radius 2 is 2.00 bits per heavy atom. The molecule has 1 fully saturated rings. The maximum atomic E-state index is 4.35. The molecule has 0 saturated carbocycles. The van der Waals surface area contributed by atoms with E-state index >= 15 is 0 Å². The fourth-order valence-corrected chi connectivity index (χ4v) is 2.41. The Bertz CT molecular complexity index is 273. The van der Waals surface area contributed by atoms with Gasteiger partial charge in [-0.05, 0) is 19.9 Å². The molecule has 0 aromatic rings. The van der Waals surface area contributed by atoms with Crippen molar-refractivity contribution in [3.63, 3.8) is 0 Å². The summed E-state index contributed by atoms with van der Waals surface area (Å²) in [5.41, 5.74) is 2.67. The van der Waals surface area contributed by atoms with Crippen LogP contribution in [0.4, 0.5) is 0 Å². The zero-order valence-corrected chi connectivity index (χ0v) is 9.87. The van der Waals surface area contributed by atoms with Crippen molar-refractivity contribution in [1.82, 2.24) is 9.80 Å². The molecule has 3 nitrogen and oxygen atoms in total. The third-order valence-electron chi connectivity index (χ3n) is 3.28. The monoisotopic (exact) mass is 207 g/mol. The molecule has 0 atom stereocenters. The Morgan fingerprint density at radius 3 is 2.53 bits per heavy atom. The first-order valence-electron chi connectivity index (χ1n) is 6.01. The Hall–Kier alpha value is -0.830. The van der Waals surface area contributed by atoms with Gasteiger partial charge < -0.3 is 4.90 Å². The lowest BCUT2D eigenvalue weighted by atomic mass is 10.2. The number of hydrogen-bond acceptors (Lipinski definition) is 3. The van der Waals surface area contributed by atoms with Crippen molar-refractivity contribution in [2.75, 3.05) is 32.7 Å². The lowest BCUT2D eigenvalue weighted by Crippen LogP contribution is -2.45. The number of nitrogens with zero attached hydrogens (tertiary/aromatic N) is 3. The van der Waals surface area contributed by atoms with Crippen LogP contribution in [-0.4, -0.2) is 48.7 Å². The predicted octanol–water partition coefficient (Wildman–Crippen LogP) is 1.72. The van der Waals surface area contributed by atoms with Crippen LogP contribution in [0, 0.1) is 0 Å². The molecule has 0 N–H and O–H groups in total. The van der Waals surface area contributed by atoms with Crippen LogP contribution in [0.15, 0.2) is 16.4 Å². The Labute approximate surface area is 92.5 Å². The average Bonchev–Trinajstić information content (AvgIpc) is 2.66. The quantitative estimate of drug-likeness (QED) is 0.701. The molecule has 0 unspecified atom stereocenters. The molecular weight excluding hydrogens is 186 g/mol. The molecule has 1 saturated heterocycles. The van der Waals surface area contributed by atoms with Gasteiger partial charge in [-0.25, -0.2) is 0 Å². The number of rotatable bonds is 3. The van der Waals surface area contributed by atoms with Gasteiger partial charge in [0.25, 0.3) is 0 Å². The van der Waals surface area contributed by atoms with Crippen molar-refractivity contribution in [3.8, 4) is 0 Å². The van der Waals surface area contributed by atoms with Crippen LogP contribution in [0.3, 0.4) is 0 Å². The van der Waals surface area contributed by atoms with Crippen molar-refractivity contribution < 1.29 is 0 Å². The highest BCUT2D eigenvalue weighted by atomic mass is 15.3. The highest BCUT2D eigenvalue weighted by Gasteiger charge is 2.20. The standard InChI is InChI=1S/C12H21N3/c1-3-6-14-7-9-15(10-8-14)12-4-5-13-11(12)2/h5H,3-4,6-10H2,1-2H3. The molecule has 0 aromatic heterocycles. The molecule has 2 heterocycles. The summed E-state index contributed by atoms with van der Waals surface area (Å²) in [7, 11) is 0. The van der Waals surface area contributed by atoms with Gasteiger partial charge in [0.05, 0.1) is 5.70 Å². The summed E-state index contributed by atoms with van der Waals surface area (Å²) < 4.78 is 0. The Balaban J connectivity index is 1.86. The number of aliphatic imine (C=N–C) groups is 1. The largest absolute Gasteiger partial charge is 0.371 e. The molecule has 2 rings (SSSR count). The normalized spacial score (nSPS) is 22.9.